The second kappa shape index (κ2) is 10.7. The van der Waals surface area contributed by atoms with Crippen molar-refractivity contribution in [1.82, 2.24) is 0 Å². The van der Waals surface area contributed by atoms with Gasteiger partial charge in [-0.2, -0.15) is 0 Å². The average Bonchev–Trinajstić information content (AvgIpc) is 3.09. The molecule has 0 saturated heterocycles. The van der Waals surface area contributed by atoms with E-state index in [2.05, 4.69) is 48.3 Å². The van der Waals surface area contributed by atoms with Crippen molar-refractivity contribution in [2.75, 3.05) is 35.3 Å². The van der Waals surface area contributed by atoms with Gasteiger partial charge in [-0.3, -0.25) is 14.5 Å². The number of allylic oxidation sites excluding steroid dienone is 1. The van der Waals surface area contributed by atoms with Crippen LogP contribution in [0.1, 0.15) is 56.7 Å². The third kappa shape index (κ3) is 4.67. The third-order valence-electron chi connectivity index (χ3n) is 7.75. The van der Waals surface area contributed by atoms with Crippen molar-refractivity contribution in [1.29, 1.82) is 0 Å². The van der Waals surface area contributed by atoms with Gasteiger partial charge in [0, 0.05) is 43.4 Å². The molecule has 0 unspecified atom stereocenters. The van der Waals surface area contributed by atoms with E-state index >= 15 is 0 Å². The Balaban J connectivity index is 1.63. The molecule has 3 aromatic carbocycles. The van der Waals surface area contributed by atoms with Crippen molar-refractivity contribution in [2.45, 2.75) is 45.6 Å². The number of carbonyl (C=O) groups is 2. The van der Waals surface area contributed by atoms with E-state index in [1.807, 2.05) is 48.5 Å². The van der Waals surface area contributed by atoms with Gasteiger partial charge in [0.05, 0.1) is 24.5 Å². The molecular formula is C32H35N3O3. The zero-order valence-corrected chi connectivity index (χ0v) is 22.5. The van der Waals surface area contributed by atoms with Gasteiger partial charge in [-0.15, -0.1) is 0 Å². The number of amides is 1. The number of para-hydroxylation sites is 2. The summed E-state index contributed by atoms with van der Waals surface area (Å²) in [6.07, 6.45) is 1.07. The van der Waals surface area contributed by atoms with Crippen LogP contribution < -0.4 is 19.9 Å². The molecule has 3 aromatic rings. The lowest BCUT2D eigenvalue weighted by molar-refractivity contribution is -0.117. The van der Waals surface area contributed by atoms with Gasteiger partial charge in [-0.25, -0.2) is 0 Å². The molecule has 1 aliphatic carbocycles. The predicted molar refractivity (Wildman–Crippen MR) is 153 cm³/mol. The monoisotopic (exact) mass is 509 g/mol. The van der Waals surface area contributed by atoms with Crippen molar-refractivity contribution < 1.29 is 14.3 Å². The van der Waals surface area contributed by atoms with E-state index < -0.39 is 6.04 Å². The molecule has 0 aromatic heterocycles. The summed E-state index contributed by atoms with van der Waals surface area (Å²) in [4.78, 5) is 31.3. The van der Waals surface area contributed by atoms with Crippen LogP contribution in [-0.2, 0) is 9.59 Å². The number of anilines is 3. The molecule has 1 amide bonds. The van der Waals surface area contributed by atoms with Gasteiger partial charge in [0.1, 0.15) is 5.75 Å². The minimum Gasteiger partial charge on any atom is -0.497 e. The van der Waals surface area contributed by atoms with E-state index in [-0.39, 0.29) is 17.6 Å². The van der Waals surface area contributed by atoms with Crippen LogP contribution in [0.2, 0.25) is 0 Å². The van der Waals surface area contributed by atoms with Crippen molar-refractivity contribution in [3.63, 3.8) is 0 Å². The quantitative estimate of drug-likeness (QED) is 0.413. The summed E-state index contributed by atoms with van der Waals surface area (Å²) in [7, 11) is 1.65. The van der Waals surface area contributed by atoms with E-state index in [0.717, 1.165) is 52.7 Å². The highest BCUT2D eigenvalue weighted by molar-refractivity contribution is 6.06. The first-order valence-corrected chi connectivity index (χ1v) is 13.4. The van der Waals surface area contributed by atoms with Gasteiger partial charge in [0.25, 0.3) is 0 Å². The maximum atomic E-state index is 14.0. The van der Waals surface area contributed by atoms with Crippen LogP contribution >= 0.6 is 0 Å². The molecule has 6 nitrogen and oxygen atoms in total. The highest BCUT2D eigenvalue weighted by Crippen LogP contribution is 2.47. The van der Waals surface area contributed by atoms with Crippen LogP contribution in [0.25, 0.3) is 0 Å². The number of rotatable bonds is 6. The lowest BCUT2D eigenvalue weighted by atomic mass is 9.78. The molecule has 2 atom stereocenters. The van der Waals surface area contributed by atoms with Crippen molar-refractivity contribution >= 4 is 28.8 Å². The number of hydrogen-bond acceptors (Lipinski definition) is 5. The van der Waals surface area contributed by atoms with Gasteiger partial charge in [-0.1, -0.05) is 36.4 Å². The normalized spacial score (nSPS) is 18.7. The number of Topliss-reactive ketones (excluding diaryl/α,β-unsaturated/α-hetero) is 1. The van der Waals surface area contributed by atoms with E-state index in [0.29, 0.717) is 18.4 Å². The first-order valence-electron chi connectivity index (χ1n) is 13.4. The second-order valence-electron chi connectivity index (χ2n) is 9.89. The molecule has 196 valence electrons. The number of ketones is 1. The van der Waals surface area contributed by atoms with Crippen molar-refractivity contribution in [3.8, 4) is 5.75 Å². The summed E-state index contributed by atoms with van der Waals surface area (Å²) in [5.74, 6) is 0.802. The molecule has 38 heavy (non-hydrogen) atoms. The third-order valence-corrected chi connectivity index (χ3v) is 7.75. The summed E-state index contributed by atoms with van der Waals surface area (Å²) in [6.45, 7) is 7.68. The largest absolute Gasteiger partial charge is 0.497 e. The van der Waals surface area contributed by atoms with Gasteiger partial charge in [0.2, 0.25) is 5.91 Å². The Morgan fingerprint density at radius 1 is 0.947 bits per heavy atom. The molecule has 2 aliphatic rings. The maximum absolute atomic E-state index is 14.0. The fraction of sp³-hybridized carbons (Fsp3) is 0.312. The van der Waals surface area contributed by atoms with Crippen LogP contribution in [-0.4, -0.2) is 31.9 Å². The van der Waals surface area contributed by atoms with Gasteiger partial charge in [-0.05, 0) is 73.7 Å². The number of nitrogens with zero attached hydrogens (tertiary/aromatic N) is 2. The topological polar surface area (TPSA) is 61.9 Å². The molecule has 0 fully saturated rings. The Bertz CT molecular complexity index is 1360. The summed E-state index contributed by atoms with van der Waals surface area (Å²) < 4.78 is 5.32. The number of hydrogen-bond donors (Lipinski definition) is 1. The summed E-state index contributed by atoms with van der Waals surface area (Å²) >= 11 is 0. The number of carbonyl (C=O) groups excluding carboxylic acids is 2. The highest BCUT2D eigenvalue weighted by atomic mass is 16.5. The van der Waals surface area contributed by atoms with Gasteiger partial charge < -0.3 is 15.0 Å². The lowest BCUT2D eigenvalue weighted by Gasteiger charge is -2.35. The van der Waals surface area contributed by atoms with Crippen LogP contribution in [0.5, 0.6) is 5.75 Å². The average molecular weight is 510 g/mol. The smallest absolute Gasteiger partial charge is 0.224 e. The highest BCUT2D eigenvalue weighted by Gasteiger charge is 2.40. The van der Waals surface area contributed by atoms with E-state index in [1.165, 1.54) is 0 Å². The van der Waals surface area contributed by atoms with Gasteiger partial charge >= 0.3 is 0 Å². The molecule has 6 heteroatoms. The number of ether oxygens (including phenoxy) is 1. The van der Waals surface area contributed by atoms with Crippen LogP contribution in [0, 0.1) is 0 Å². The fourth-order valence-corrected chi connectivity index (χ4v) is 5.82. The van der Waals surface area contributed by atoms with Gasteiger partial charge in [0.15, 0.2) is 5.78 Å². The number of benzene rings is 3. The SMILES string of the molecule is CCN(CC)c1ccc([C@@H]2C3=C(C[C@@H](c4ccc(OC)cc4)CC3=O)Nc3ccccc3N2C(C)=O)cc1. The first-order chi connectivity index (χ1) is 18.4. The molecule has 0 spiro atoms. The molecule has 1 heterocycles. The minimum atomic E-state index is -0.506. The maximum Gasteiger partial charge on any atom is 0.224 e. The van der Waals surface area contributed by atoms with Crippen molar-refractivity contribution in [3.05, 3.63) is 95.2 Å². The molecule has 5 rings (SSSR count). The Hall–Kier alpha value is -4.06. The zero-order chi connectivity index (χ0) is 26.8. The van der Waals surface area contributed by atoms with Crippen molar-refractivity contribution in [2.24, 2.45) is 0 Å². The molecule has 0 radical (unpaired) electrons. The zero-order valence-electron chi connectivity index (χ0n) is 22.5. The van der Waals surface area contributed by atoms with E-state index in [1.54, 1.807) is 18.9 Å². The number of fused-ring (bicyclic) bond motifs is 1. The van der Waals surface area contributed by atoms with E-state index in [4.69, 9.17) is 4.74 Å². The second-order valence-corrected chi connectivity index (χ2v) is 9.89. The first kappa shape index (κ1) is 25.6. The summed E-state index contributed by atoms with van der Waals surface area (Å²) in [5.41, 5.74) is 6.34. The summed E-state index contributed by atoms with van der Waals surface area (Å²) in [6, 6.07) is 23.6. The Labute approximate surface area is 224 Å². The Morgan fingerprint density at radius 3 is 2.24 bits per heavy atom. The molecule has 1 N–H and O–H groups in total. The standard InChI is InChI=1S/C32H35N3O3/c1-5-34(6-2)25-15-11-23(12-16-25)32-31-28(33-27-9-7-8-10-29(27)35(32)21(3)36)19-24(20-30(31)37)22-13-17-26(38-4)18-14-22/h7-18,24,32-33H,5-6,19-20H2,1-4H3/t24-,32-/m1/s1. The predicted octanol–water partition coefficient (Wildman–Crippen LogP) is 6.46. The lowest BCUT2D eigenvalue weighted by Crippen LogP contribution is -2.37. The Kier molecular flexibility index (Phi) is 7.23. The van der Waals surface area contributed by atoms with Crippen LogP contribution in [0.15, 0.2) is 84.1 Å². The minimum absolute atomic E-state index is 0.0430. The summed E-state index contributed by atoms with van der Waals surface area (Å²) in [5, 5.41) is 3.58. The Morgan fingerprint density at radius 2 is 1.61 bits per heavy atom. The molecule has 0 bridgehead atoms. The molecule has 0 saturated carbocycles. The van der Waals surface area contributed by atoms with E-state index in [9.17, 15) is 9.59 Å². The molecule has 1 aliphatic heterocycles. The molecular weight excluding hydrogens is 474 g/mol. The van der Waals surface area contributed by atoms with Crippen LogP contribution in [0.4, 0.5) is 17.1 Å². The number of nitrogens with one attached hydrogen (secondary N) is 1. The number of methoxy groups -OCH3 is 1. The van der Waals surface area contributed by atoms with Crippen LogP contribution in [0.3, 0.4) is 0 Å². The fourth-order valence-electron chi connectivity index (χ4n) is 5.82.